The predicted octanol–water partition coefficient (Wildman–Crippen LogP) is 2.23. The highest BCUT2D eigenvalue weighted by atomic mass is 35.5. The molecule has 0 N–H and O–H groups in total. The molecular formula is C12H16ClNO. The van der Waals surface area contributed by atoms with Crippen molar-refractivity contribution in [2.24, 2.45) is 0 Å². The molecule has 0 aliphatic carbocycles. The minimum absolute atomic E-state index is 0.0229. The van der Waals surface area contributed by atoms with E-state index in [-0.39, 0.29) is 11.8 Å². The number of rotatable bonds is 4. The molecule has 82 valence electrons. The molecule has 0 unspecified atom stereocenters. The van der Waals surface area contributed by atoms with Gasteiger partial charge in [0.1, 0.15) is 5.88 Å². The van der Waals surface area contributed by atoms with Crippen LogP contribution in [0.2, 0.25) is 0 Å². The first-order valence-electron chi connectivity index (χ1n) is 4.99. The number of aryl methyl sites for hydroxylation is 1. The first-order chi connectivity index (χ1) is 7.15. The summed E-state index contributed by atoms with van der Waals surface area (Å²) in [5, 5.41) is 0. The second-order valence-corrected chi connectivity index (χ2v) is 3.89. The van der Waals surface area contributed by atoms with E-state index in [0.717, 1.165) is 13.0 Å². The third kappa shape index (κ3) is 3.56. The lowest BCUT2D eigenvalue weighted by atomic mass is 10.1. The minimum atomic E-state index is -0.0229. The van der Waals surface area contributed by atoms with Crippen LogP contribution < -0.4 is 0 Å². The molecule has 0 radical (unpaired) electrons. The summed E-state index contributed by atoms with van der Waals surface area (Å²) >= 11 is 5.47. The van der Waals surface area contributed by atoms with Crippen molar-refractivity contribution in [1.82, 2.24) is 4.90 Å². The van der Waals surface area contributed by atoms with Gasteiger partial charge >= 0.3 is 0 Å². The molecule has 0 aliphatic heterocycles. The first-order valence-corrected chi connectivity index (χ1v) is 5.53. The minimum Gasteiger partial charge on any atom is -0.344 e. The zero-order valence-corrected chi connectivity index (χ0v) is 9.92. The molecule has 1 rings (SSSR count). The van der Waals surface area contributed by atoms with Crippen LogP contribution in [0.3, 0.4) is 0 Å². The van der Waals surface area contributed by atoms with Crippen molar-refractivity contribution in [3.8, 4) is 0 Å². The number of nitrogens with zero attached hydrogens (tertiary/aromatic N) is 1. The Hall–Kier alpha value is -1.02. The molecule has 0 fully saturated rings. The van der Waals surface area contributed by atoms with Crippen LogP contribution in [0.1, 0.15) is 11.1 Å². The first kappa shape index (κ1) is 12.1. The smallest absolute Gasteiger partial charge is 0.237 e. The third-order valence-corrected chi connectivity index (χ3v) is 2.75. The number of benzene rings is 1. The molecule has 0 saturated carbocycles. The Morgan fingerprint density at radius 3 is 2.67 bits per heavy atom. The normalized spacial score (nSPS) is 10.1. The van der Waals surface area contributed by atoms with Gasteiger partial charge in [0.15, 0.2) is 0 Å². The van der Waals surface area contributed by atoms with Crippen molar-refractivity contribution in [2.45, 2.75) is 13.3 Å². The van der Waals surface area contributed by atoms with E-state index in [2.05, 4.69) is 19.1 Å². The van der Waals surface area contributed by atoms with Gasteiger partial charge < -0.3 is 4.90 Å². The second kappa shape index (κ2) is 5.76. The number of alkyl halides is 1. The largest absolute Gasteiger partial charge is 0.344 e. The van der Waals surface area contributed by atoms with E-state index in [1.807, 2.05) is 12.1 Å². The summed E-state index contributed by atoms with van der Waals surface area (Å²) in [6.45, 7) is 2.80. The number of carbonyl (C=O) groups excluding carboxylic acids is 1. The average molecular weight is 226 g/mol. The Bertz CT molecular complexity index is 338. The molecule has 2 nitrogen and oxygen atoms in total. The Labute approximate surface area is 95.8 Å². The quantitative estimate of drug-likeness (QED) is 0.720. The van der Waals surface area contributed by atoms with Gasteiger partial charge in [-0.15, -0.1) is 11.6 Å². The molecular weight excluding hydrogens is 210 g/mol. The summed E-state index contributed by atoms with van der Waals surface area (Å²) in [7, 11) is 1.78. The lowest BCUT2D eigenvalue weighted by Gasteiger charge is -2.16. The van der Waals surface area contributed by atoms with E-state index in [0.29, 0.717) is 0 Å². The summed E-state index contributed by atoms with van der Waals surface area (Å²) < 4.78 is 0. The Balaban J connectivity index is 2.50. The molecule has 1 aromatic carbocycles. The fourth-order valence-corrected chi connectivity index (χ4v) is 1.61. The fourth-order valence-electron chi connectivity index (χ4n) is 1.41. The number of hydrogen-bond acceptors (Lipinski definition) is 1. The predicted molar refractivity (Wildman–Crippen MR) is 63.2 cm³/mol. The number of likely N-dealkylation sites (N-methyl/N-ethyl adjacent to an activating group) is 1. The highest BCUT2D eigenvalue weighted by molar-refractivity contribution is 6.27. The molecule has 0 bridgehead atoms. The van der Waals surface area contributed by atoms with E-state index < -0.39 is 0 Å². The highest BCUT2D eigenvalue weighted by Crippen LogP contribution is 2.08. The fraction of sp³-hybridized carbons (Fsp3) is 0.417. The van der Waals surface area contributed by atoms with Gasteiger partial charge in [-0.25, -0.2) is 0 Å². The van der Waals surface area contributed by atoms with Gasteiger partial charge in [-0.3, -0.25) is 4.79 Å². The van der Waals surface area contributed by atoms with Crippen LogP contribution in [0.15, 0.2) is 24.3 Å². The van der Waals surface area contributed by atoms with Crippen LogP contribution in [0.25, 0.3) is 0 Å². The Morgan fingerprint density at radius 2 is 2.07 bits per heavy atom. The maximum Gasteiger partial charge on any atom is 0.237 e. The van der Waals surface area contributed by atoms with Gasteiger partial charge in [0.2, 0.25) is 5.91 Å². The van der Waals surface area contributed by atoms with Crippen molar-refractivity contribution in [3.63, 3.8) is 0 Å². The molecule has 0 heterocycles. The summed E-state index contributed by atoms with van der Waals surface area (Å²) in [6, 6.07) is 8.21. The molecule has 1 aromatic rings. The molecule has 3 heteroatoms. The van der Waals surface area contributed by atoms with Crippen molar-refractivity contribution >= 4 is 17.5 Å². The SMILES string of the molecule is Cc1ccccc1CCN(C)C(=O)CCl. The zero-order chi connectivity index (χ0) is 11.3. The third-order valence-electron chi connectivity index (χ3n) is 2.52. The Morgan fingerprint density at radius 1 is 1.40 bits per heavy atom. The van der Waals surface area contributed by atoms with Crippen LogP contribution in [0, 0.1) is 6.92 Å². The van der Waals surface area contributed by atoms with E-state index in [1.54, 1.807) is 11.9 Å². The number of amides is 1. The van der Waals surface area contributed by atoms with Crippen LogP contribution in [-0.2, 0) is 11.2 Å². The van der Waals surface area contributed by atoms with Crippen LogP contribution >= 0.6 is 11.6 Å². The maximum absolute atomic E-state index is 11.2. The summed E-state index contributed by atoms with van der Waals surface area (Å²) in [6.07, 6.45) is 0.881. The van der Waals surface area contributed by atoms with Crippen LogP contribution in [-0.4, -0.2) is 30.3 Å². The maximum atomic E-state index is 11.2. The second-order valence-electron chi connectivity index (χ2n) is 3.63. The van der Waals surface area contributed by atoms with Gasteiger partial charge in [0.25, 0.3) is 0 Å². The molecule has 15 heavy (non-hydrogen) atoms. The molecule has 0 spiro atoms. The van der Waals surface area contributed by atoms with Gasteiger partial charge in [-0.05, 0) is 24.5 Å². The van der Waals surface area contributed by atoms with Crippen molar-refractivity contribution < 1.29 is 4.79 Å². The number of hydrogen-bond donors (Lipinski definition) is 0. The highest BCUT2D eigenvalue weighted by Gasteiger charge is 2.06. The Kier molecular flexibility index (Phi) is 4.63. The number of carbonyl (C=O) groups is 1. The molecule has 0 aliphatic rings. The van der Waals surface area contributed by atoms with Gasteiger partial charge in [-0.2, -0.15) is 0 Å². The van der Waals surface area contributed by atoms with Gasteiger partial charge in [-0.1, -0.05) is 24.3 Å². The average Bonchev–Trinajstić information content (AvgIpc) is 2.26. The van der Waals surface area contributed by atoms with E-state index >= 15 is 0 Å². The topological polar surface area (TPSA) is 20.3 Å². The standard InChI is InChI=1S/C12H16ClNO/c1-10-5-3-4-6-11(10)7-8-14(2)12(15)9-13/h3-6H,7-9H2,1-2H3. The van der Waals surface area contributed by atoms with Gasteiger partial charge in [0.05, 0.1) is 0 Å². The van der Waals surface area contributed by atoms with Crippen molar-refractivity contribution in [2.75, 3.05) is 19.5 Å². The zero-order valence-electron chi connectivity index (χ0n) is 9.16. The monoisotopic (exact) mass is 225 g/mol. The summed E-state index contributed by atoms with van der Waals surface area (Å²) in [5.41, 5.74) is 2.55. The van der Waals surface area contributed by atoms with E-state index in [9.17, 15) is 4.79 Å². The molecule has 0 aromatic heterocycles. The van der Waals surface area contributed by atoms with Crippen LogP contribution in [0.4, 0.5) is 0 Å². The van der Waals surface area contributed by atoms with Crippen molar-refractivity contribution in [3.05, 3.63) is 35.4 Å². The lowest BCUT2D eigenvalue weighted by Crippen LogP contribution is -2.29. The van der Waals surface area contributed by atoms with E-state index in [1.165, 1.54) is 11.1 Å². The van der Waals surface area contributed by atoms with Crippen LogP contribution in [0.5, 0.6) is 0 Å². The lowest BCUT2D eigenvalue weighted by molar-refractivity contribution is -0.127. The van der Waals surface area contributed by atoms with E-state index in [4.69, 9.17) is 11.6 Å². The number of halogens is 1. The summed E-state index contributed by atoms with van der Waals surface area (Å²) in [4.78, 5) is 12.9. The molecule has 0 saturated heterocycles. The summed E-state index contributed by atoms with van der Waals surface area (Å²) in [5.74, 6) is 0.0369. The molecule has 0 atom stereocenters. The molecule has 1 amide bonds. The van der Waals surface area contributed by atoms with Gasteiger partial charge in [0, 0.05) is 13.6 Å². The van der Waals surface area contributed by atoms with Crippen molar-refractivity contribution in [1.29, 1.82) is 0 Å².